The lowest BCUT2D eigenvalue weighted by atomic mass is 10.0. The fraction of sp³-hybridized carbons (Fsp3) is 0.259. The molecule has 0 heterocycles. The van der Waals surface area contributed by atoms with Gasteiger partial charge in [-0.1, -0.05) is 54.6 Å². The van der Waals surface area contributed by atoms with Crippen molar-refractivity contribution in [2.75, 3.05) is 13.2 Å². The molecule has 0 aliphatic carbocycles. The maximum atomic E-state index is 13.4. The van der Waals surface area contributed by atoms with Crippen molar-refractivity contribution in [2.24, 2.45) is 0 Å². The van der Waals surface area contributed by atoms with Gasteiger partial charge in [0.2, 0.25) is 5.91 Å². The predicted octanol–water partition coefficient (Wildman–Crippen LogP) is 4.29. The van der Waals surface area contributed by atoms with E-state index in [9.17, 15) is 14.0 Å². The maximum absolute atomic E-state index is 13.4. The summed E-state index contributed by atoms with van der Waals surface area (Å²) in [5, 5.41) is 2.87. The van der Waals surface area contributed by atoms with E-state index < -0.39 is 6.04 Å². The number of carbonyl (C=O) groups is 2. The number of nitrogens with one attached hydrogen (secondary N) is 1. The van der Waals surface area contributed by atoms with Gasteiger partial charge >= 0.3 is 0 Å². The number of carbonyl (C=O) groups excluding carboxylic acids is 2. The van der Waals surface area contributed by atoms with Gasteiger partial charge in [-0.25, -0.2) is 4.39 Å². The Morgan fingerprint density at radius 1 is 0.970 bits per heavy atom. The van der Waals surface area contributed by atoms with Crippen molar-refractivity contribution in [1.82, 2.24) is 10.2 Å². The van der Waals surface area contributed by atoms with Crippen LogP contribution in [0.25, 0.3) is 0 Å². The van der Waals surface area contributed by atoms with Crippen molar-refractivity contribution in [3.63, 3.8) is 0 Å². The second-order valence-corrected chi connectivity index (χ2v) is 7.79. The van der Waals surface area contributed by atoms with E-state index in [2.05, 4.69) is 5.32 Å². The van der Waals surface area contributed by atoms with Crippen LogP contribution in [-0.2, 0) is 22.6 Å². The van der Waals surface area contributed by atoms with Gasteiger partial charge in [0.05, 0.1) is 0 Å². The van der Waals surface area contributed by atoms with E-state index in [0.717, 1.165) is 16.7 Å². The summed E-state index contributed by atoms with van der Waals surface area (Å²) in [5.74, 6) is -0.535. The predicted molar refractivity (Wildman–Crippen MR) is 126 cm³/mol. The molecule has 0 unspecified atom stereocenters. The molecule has 0 spiro atoms. The smallest absolute Gasteiger partial charge is 0.261 e. The molecule has 0 aromatic heterocycles. The summed E-state index contributed by atoms with van der Waals surface area (Å²) >= 11 is 0. The number of halogens is 1. The van der Waals surface area contributed by atoms with Crippen LogP contribution < -0.4 is 10.1 Å². The first-order valence-corrected chi connectivity index (χ1v) is 11.0. The summed E-state index contributed by atoms with van der Waals surface area (Å²) in [6, 6.07) is 22.2. The molecule has 3 aromatic carbocycles. The van der Waals surface area contributed by atoms with Gasteiger partial charge in [0.25, 0.3) is 5.91 Å². The van der Waals surface area contributed by atoms with Crippen LogP contribution in [-0.4, -0.2) is 35.9 Å². The zero-order chi connectivity index (χ0) is 23.6. The van der Waals surface area contributed by atoms with E-state index >= 15 is 0 Å². The molecule has 0 saturated heterocycles. The van der Waals surface area contributed by atoms with Crippen LogP contribution >= 0.6 is 0 Å². The number of rotatable bonds is 10. The van der Waals surface area contributed by atoms with Gasteiger partial charge in [-0.05, 0) is 54.8 Å². The third-order valence-corrected chi connectivity index (χ3v) is 5.40. The van der Waals surface area contributed by atoms with Crippen molar-refractivity contribution < 1.29 is 18.7 Å². The molecule has 0 bridgehead atoms. The Kier molecular flexibility index (Phi) is 8.58. The number of ether oxygens (including phenoxy) is 1. The Morgan fingerprint density at radius 2 is 1.64 bits per heavy atom. The lowest BCUT2D eigenvalue weighted by Crippen LogP contribution is -2.51. The molecule has 1 atom stereocenters. The Balaban J connectivity index is 1.89. The molecule has 0 saturated carbocycles. The molecular weight excluding hydrogens is 419 g/mol. The Labute approximate surface area is 194 Å². The highest BCUT2D eigenvalue weighted by Crippen LogP contribution is 2.18. The highest BCUT2D eigenvalue weighted by molar-refractivity contribution is 5.88. The number of amides is 2. The number of aryl methyl sites for hydroxylation is 1. The maximum Gasteiger partial charge on any atom is 0.261 e. The van der Waals surface area contributed by atoms with E-state index in [4.69, 9.17) is 4.74 Å². The second-order valence-electron chi connectivity index (χ2n) is 7.79. The largest absolute Gasteiger partial charge is 0.484 e. The fourth-order valence-corrected chi connectivity index (χ4v) is 3.58. The second kappa shape index (κ2) is 11.8. The molecule has 0 fully saturated rings. The van der Waals surface area contributed by atoms with E-state index in [1.807, 2.05) is 68.4 Å². The van der Waals surface area contributed by atoms with Gasteiger partial charge in [-0.15, -0.1) is 0 Å². The van der Waals surface area contributed by atoms with E-state index in [1.165, 1.54) is 24.3 Å². The van der Waals surface area contributed by atoms with Crippen LogP contribution in [0.1, 0.15) is 23.6 Å². The molecule has 0 aliphatic heterocycles. The van der Waals surface area contributed by atoms with Gasteiger partial charge in [0.15, 0.2) is 6.61 Å². The molecule has 5 nitrogen and oxygen atoms in total. The Bertz CT molecular complexity index is 1050. The van der Waals surface area contributed by atoms with E-state index in [1.54, 1.807) is 4.90 Å². The highest BCUT2D eigenvalue weighted by atomic mass is 19.1. The van der Waals surface area contributed by atoms with Crippen molar-refractivity contribution in [3.05, 3.63) is 101 Å². The SMILES string of the molecule is CCNC(=O)[C@H](Cc1ccccc1)N(Cc1ccccc1C)C(=O)COc1ccc(F)cc1. The molecule has 0 radical (unpaired) electrons. The zero-order valence-corrected chi connectivity index (χ0v) is 19.0. The average molecular weight is 449 g/mol. The third kappa shape index (κ3) is 6.91. The minimum atomic E-state index is -0.712. The van der Waals surface area contributed by atoms with Crippen molar-refractivity contribution in [1.29, 1.82) is 0 Å². The molecule has 3 aromatic rings. The standard InChI is InChI=1S/C27H29FN2O3/c1-3-29-27(32)25(17-21-10-5-4-6-11-21)30(18-22-12-8-7-9-20(22)2)26(31)19-33-24-15-13-23(28)14-16-24/h4-16,25H,3,17-19H2,1-2H3,(H,29,32)/t25-/m0/s1. The van der Waals surface area contributed by atoms with Gasteiger partial charge < -0.3 is 15.0 Å². The molecule has 2 amide bonds. The van der Waals surface area contributed by atoms with E-state index in [0.29, 0.717) is 18.7 Å². The van der Waals surface area contributed by atoms with Crippen molar-refractivity contribution in [2.45, 2.75) is 32.9 Å². The monoisotopic (exact) mass is 448 g/mol. The highest BCUT2D eigenvalue weighted by Gasteiger charge is 2.30. The topological polar surface area (TPSA) is 58.6 Å². The number of benzene rings is 3. The van der Waals surface area contributed by atoms with Crippen molar-refractivity contribution in [3.8, 4) is 5.75 Å². The summed E-state index contributed by atoms with van der Waals surface area (Å²) in [6.45, 7) is 4.30. The minimum Gasteiger partial charge on any atom is -0.484 e. The number of likely N-dealkylation sites (N-methyl/N-ethyl adjacent to an activating group) is 1. The van der Waals surface area contributed by atoms with Crippen LogP contribution in [0.4, 0.5) is 4.39 Å². The Morgan fingerprint density at radius 3 is 2.30 bits per heavy atom. The fourth-order valence-electron chi connectivity index (χ4n) is 3.58. The molecule has 1 N–H and O–H groups in total. The van der Waals surface area contributed by atoms with Crippen LogP contribution in [0.2, 0.25) is 0 Å². The molecular formula is C27H29FN2O3. The van der Waals surface area contributed by atoms with Gasteiger partial charge in [0.1, 0.15) is 17.6 Å². The van der Waals surface area contributed by atoms with Gasteiger partial charge in [-0.2, -0.15) is 0 Å². The minimum absolute atomic E-state index is 0.218. The first-order valence-electron chi connectivity index (χ1n) is 11.0. The molecule has 33 heavy (non-hydrogen) atoms. The lowest BCUT2D eigenvalue weighted by molar-refractivity contribution is -0.142. The molecule has 172 valence electrons. The lowest BCUT2D eigenvalue weighted by Gasteiger charge is -2.31. The summed E-state index contributed by atoms with van der Waals surface area (Å²) in [5.41, 5.74) is 2.94. The van der Waals surface area contributed by atoms with Crippen LogP contribution in [0.15, 0.2) is 78.9 Å². The summed E-state index contributed by atoms with van der Waals surface area (Å²) < 4.78 is 18.8. The van der Waals surface area contributed by atoms with Gasteiger partial charge in [-0.3, -0.25) is 9.59 Å². The normalized spacial score (nSPS) is 11.5. The van der Waals surface area contributed by atoms with Crippen LogP contribution in [0, 0.1) is 12.7 Å². The van der Waals surface area contributed by atoms with Crippen LogP contribution in [0.5, 0.6) is 5.75 Å². The number of hydrogen-bond acceptors (Lipinski definition) is 3. The van der Waals surface area contributed by atoms with E-state index in [-0.39, 0.29) is 30.8 Å². The first-order chi connectivity index (χ1) is 16.0. The van der Waals surface area contributed by atoms with Crippen molar-refractivity contribution >= 4 is 11.8 Å². The molecule has 6 heteroatoms. The number of nitrogens with zero attached hydrogens (tertiary/aromatic N) is 1. The summed E-state index contributed by atoms with van der Waals surface area (Å²) in [7, 11) is 0. The summed E-state index contributed by atoms with van der Waals surface area (Å²) in [6.07, 6.45) is 0.376. The summed E-state index contributed by atoms with van der Waals surface area (Å²) in [4.78, 5) is 28.1. The van der Waals surface area contributed by atoms with Gasteiger partial charge in [0, 0.05) is 19.5 Å². The third-order valence-electron chi connectivity index (χ3n) is 5.40. The Hall–Kier alpha value is -3.67. The first kappa shape index (κ1) is 24.0. The van der Waals surface area contributed by atoms with Crippen LogP contribution in [0.3, 0.4) is 0 Å². The zero-order valence-electron chi connectivity index (χ0n) is 19.0. The average Bonchev–Trinajstić information content (AvgIpc) is 2.82. The molecule has 0 aliphatic rings. The quantitative estimate of drug-likeness (QED) is 0.503. The molecule has 3 rings (SSSR count). The number of hydrogen-bond donors (Lipinski definition) is 1.